The number of nitrogens with zero attached hydrogens (tertiary/aromatic N) is 2. The SMILES string of the molecule is CN=C(C)c1ccc(-c2cncc(C)c2)cc1O. The summed E-state index contributed by atoms with van der Waals surface area (Å²) < 4.78 is 0. The van der Waals surface area contributed by atoms with Crippen molar-refractivity contribution in [2.75, 3.05) is 7.05 Å². The zero-order valence-electron chi connectivity index (χ0n) is 10.8. The average molecular weight is 240 g/mol. The van der Waals surface area contributed by atoms with Crippen LogP contribution in [0.3, 0.4) is 0 Å². The summed E-state index contributed by atoms with van der Waals surface area (Å²) in [6.45, 7) is 3.88. The zero-order chi connectivity index (χ0) is 13.1. The van der Waals surface area contributed by atoms with Crippen molar-refractivity contribution in [1.82, 2.24) is 4.98 Å². The normalized spacial score (nSPS) is 11.6. The minimum absolute atomic E-state index is 0.247. The van der Waals surface area contributed by atoms with Gasteiger partial charge < -0.3 is 5.11 Å². The summed E-state index contributed by atoms with van der Waals surface area (Å²) in [4.78, 5) is 8.24. The Labute approximate surface area is 107 Å². The van der Waals surface area contributed by atoms with Gasteiger partial charge in [-0.1, -0.05) is 6.07 Å². The molecule has 1 heterocycles. The molecule has 0 saturated carbocycles. The van der Waals surface area contributed by atoms with Crippen LogP contribution >= 0.6 is 0 Å². The molecule has 0 atom stereocenters. The molecule has 0 aliphatic heterocycles. The first-order valence-electron chi connectivity index (χ1n) is 5.80. The fourth-order valence-electron chi connectivity index (χ4n) is 1.85. The summed E-state index contributed by atoms with van der Waals surface area (Å²) >= 11 is 0. The standard InChI is InChI=1S/C15H16N2O/c1-10-6-13(9-17-8-10)12-4-5-14(11(2)16-3)15(18)7-12/h4-9,18H,1-3H3. The third kappa shape index (κ3) is 2.40. The lowest BCUT2D eigenvalue weighted by Gasteiger charge is -2.07. The summed E-state index contributed by atoms with van der Waals surface area (Å²) in [5.74, 6) is 0.247. The fraction of sp³-hybridized carbons (Fsp3) is 0.200. The van der Waals surface area contributed by atoms with Gasteiger partial charge in [0, 0.05) is 36.3 Å². The minimum atomic E-state index is 0.247. The van der Waals surface area contributed by atoms with Crippen molar-refractivity contribution in [2.45, 2.75) is 13.8 Å². The van der Waals surface area contributed by atoms with Gasteiger partial charge in [-0.3, -0.25) is 9.98 Å². The second-order valence-electron chi connectivity index (χ2n) is 4.29. The largest absolute Gasteiger partial charge is 0.507 e. The van der Waals surface area contributed by atoms with Crippen molar-refractivity contribution in [3.05, 3.63) is 47.8 Å². The molecule has 1 N–H and O–H groups in total. The predicted molar refractivity (Wildman–Crippen MR) is 74.2 cm³/mol. The molecule has 0 amide bonds. The van der Waals surface area contributed by atoms with Crippen LogP contribution in [0.2, 0.25) is 0 Å². The molecule has 0 fully saturated rings. The Morgan fingerprint density at radius 1 is 1.17 bits per heavy atom. The Bertz CT molecular complexity index is 603. The zero-order valence-corrected chi connectivity index (χ0v) is 10.8. The molecule has 18 heavy (non-hydrogen) atoms. The first kappa shape index (κ1) is 12.3. The maximum atomic E-state index is 10.0. The number of pyridine rings is 1. The van der Waals surface area contributed by atoms with Crippen molar-refractivity contribution in [1.29, 1.82) is 0 Å². The van der Waals surface area contributed by atoms with Gasteiger partial charge in [-0.05, 0) is 43.2 Å². The molecule has 92 valence electrons. The molecule has 1 aromatic carbocycles. The molecule has 0 aliphatic rings. The van der Waals surface area contributed by atoms with Crippen molar-refractivity contribution >= 4 is 5.71 Å². The van der Waals surface area contributed by atoms with Gasteiger partial charge >= 0.3 is 0 Å². The van der Waals surface area contributed by atoms with E-state index in [0.717, 1.165) is 28.0 Å². The Balaban J connectivity index is 2.46. The van der Waals surface area contributed by atoms with Gasteiger partial charge in [0.2, 0.25) is 0 Å². The number of phenols is 1. The van der Waals surface area contributed by atoms with Crippen LogP contribution in [0.15, 0.2) is 41.7 Å². The molecular formula is C15H16N2O. The fourth-order valence-corrected chi connectivity index (χ4v) is 1.85. The van der Waals surface area contributed by atoms with E-state index in [4.69, 9.17) is 0 Å². The van der Waals surface area contributed by atoms with Crippen molar-refractivity contribution in [3.63, 3.8) is 0 Å². The predicted octanol–water partition coefficient (Wildman–Crippen LogP) is 3.20. The summed E-state index contributed by atoms with van der Waals surface area (Å²) in [6.07, 6.45) is 3.60. The third-order valence-electron chi connectivity index (χ3n) is 2.93. The molecule has 2 rings (SSSR count). The van der Waals surface area contributed by atoms with E-state index in [2.05, 4.69) is 9.98 Å². The first-order chi connectivity index (χ1) is 8.61. The minimum Gasteiger partial charge on any atom is -0.507 e. The number of hydrogen-bond donors (Lipinski definition) is 1. The highest BCUT2D eigenvalue weighted by atomic mass is 16.3. The Hall–Kier alpha value is -2.16. The third-order valence-corrected chi connectivity index (χ3v) is 2.93. The second-order valence-corrected chi connectivity index (χ2v) is 4.29. The lowest BCUT2D eigenvalue weighted by Crippen LogP contribution is -1.95. The van der Waals surface area contributed by atoms with Crippen molar-refractivity contribution in [3.8, 4) is 16.9 Å². The number of aliphatic imine (C=N–C) groups is 1. The molecule has 0 unspecified atom stereocenters. The average Bonchev–Trinajstić information content (AvgIpc) is 2.37. The summed E-state index contributed by atoms with van der Waals surface area (Å²) in [7, 11) is 1.72. The van der Waals surface area contributed by atoms with E-state index in [1.807, 2.05) is 38.2 Å². The Kier molecular flexibility index (Phi) is 3.42. The number of benzene rings is 1. The van der Waals surface area contributed by atoms with Gasteiger partial charge in [-0.2, -0.15) is 0 Å². The molecule has 0 bridgehead atoms. The number of aromatic nitrogens is 1. The monoisotopic (exact) mass is 240 g/mol. The van der Waals surface area contributed by atoms with Gasteiger partial charge in [0.25, 0.3) is 0 Å². The lowest BCUT2D eigenvalue weighted by atomic mass is 10.0. The maximum absolute atomic E-state index is 10.0. The van der Waals surface area contributed by atoms with E-state index in [9.17, 15) is 5.11 Å². The van der Waals surface area contributed by atoms with Crippen molar-refractivity contribution in [2.24, 2.45) is 4.99 Å². The molecule has 0 radical (unpaired) electrons. The summed E-state index contributed by atoms with van der Waals surface area (Å²) in [5, 5.41) is 10.0. The van der Waals surface area contributed by atoms with E-state index in [1.165, 1.54) is 0 Å². The molecule has 1 aromatic heterocycles. The maximum Gasteiger partial charge on any atom is 0.125 e. The second kappa shape index (κ2) is 5.00. The number of rotatable bonds is 2. The van der Waals surface area contributed by atoms with E-state index in [1.54, 1.807) is 19.3 Å². The summed E-state index contributed by atoms with van der Waals surface area (Å²) in [5.41, 5.74) is 4.64. The van der Waals surface area contributed by atoms with Crippen LogP contribution in [0.1, 0.15) is 18.1 Å². The number of phenolic OH excluding ortho intramolecular Hbond substituents is 1. The van der Waals surface area contributed by atoms with Crippen LogP contribution in [0, 0.1) is 6.92 Å². The molecular weight excluding hydrogens is 224 g/mol. The van der Waals surface area contributed by atoms with E-state index >= 15 is 0 Å². The van der Waals surface area contributed by atoms with Crippen LogP contribution in [0.5, 0.6) is 5.75 Å². The molecule has 2 aromatic rings. The van der Waals surface area contributed by atoms with Crippen molar-refractivity contribution < 1.29 is 5.11 Å². The topological polar surface area (TPSA) is 45.5 Å². The Morgan fingerprint density at radius 3 is 2.56 bits per heavy atom. The van der Waals surface area contributed by atoms with Crippen LogP contribution in [-0.4, -0.2) is 22.8 Å². The van der Waals surface area contributed by atoms with Gasteiger partial charge in [-0.15, -0.1) is 0 Å². The van der Waals surface area contributed by atoms with Crippen LogP contribution in [-0.2, 0) is 0 Å². The molecule has 3 heteroatoms. The van der Waals surface area contributed by atoms with Crippen LogP contribution in [0.4, 0.5) is 0 Å². The van der Waals surface area contributed by atoms with Crippen LogP contribution in [0.25, 0.3) is 11.1 Å². The van der Waals surface area contributed by atoms with Crippen LogP contribution < -0.4 is 0 Å². The highest BCUT2D eigenvalue weighted by Crippen LogP contribution is 2.26. The smallest absolute Gasteiger partial charge is 0.125 e. The number of hydrogen-bond acceptors (Lipinski definition) is 3. The molecule has 0 spiro atoms. The highest BCUT2D eigenvalue weighted by Gasteiger charge is 2.06. The van der Waals surface area contributed by atoms with Gasteiger partial charge in [-0.25, -0.2) is 0 Å². The van der Waals surface area contributed by atoms with Gasteiger partial charge in [0.05, 0.1) is 0 Å². The van der Waals surface area contributed by atoms with Gasteiger partial charge in [0.15, 0.2) is 0 Å². The quantitative estimate of drug-likeness (QED) is 0.819. The molecule has 3 nitrogen and oxygen atoms in total. The number of aryl methyl sites for hydroxylation is 1. The highest BCUT2D eigenvalue weighted by molar-refractivity contribution is 6.01. The van der Waals surface area contributed by atoms with E-state index in [-0.39, 0.29) is 5.75 Å². The van der Waals surface area contributed by atoms with Gasteiger partial charge in [0.1, 0.15) is 5.75 Å². The molecule has 0 saturated heterocycles. The lowest BCUT2D eigenvalue weighted by molar-refractivity contribution is 0.474. The Morgan fingerprint density at radius 2 is 1.94 bits per heavy atom. The number of aromatic hydroxyl groups is 1. The molecule has 0 aliphatic carbocycles. The summed E-state index contributed by atoms with van der Waals surface area (Å²) in [6, 6.07) is 7.65. The first-order valence-corrected chi connectivity index (χ1v) is 5.80. The van der Waals surface area contributed by atoms with E-state index in [0.29, 0.717) is 0 Å². The van der Waals surface area contributed by atoms with E-state index < -0.39 is 0 Å².